The number of ether oxygens (including phenoxy) is 1. The van der Waals surface area contributed by atoms with Crippen LogP contribution < -0.4 is 10.5 Å². The fourth-order valence-corrected chi connectivity index (χ4v) is 0.957. The van der Waals surface area contributed by atoms with Gasteiger partial charge in [0.15, 0.2) is 0 Å². The molecule has 0 bridgehead atoms. The van der Waals surface area contributed by atoms with Gasteiger partial charge in [0.1, 0.15) is 11.6 Å². The quantitative estimate of drug-likeness (QED) is 0.813. The third-order valence-corrected chi connectivity index (χ3v) is 1.51. The summed E-state index contributed by atoms with van der Waals surface area (Å²) in [7, 11) is 0. The van der Waals surface area contributed by atoms with Crippen LogP contribution in [0.5, 0.6) is 5.75 Å². The summed E-state index contributed by atoms with van der Waals surface area (Å²) in [5.41, 5.74) is 4.80. The number of hydrogen-bond acceptors (Lipinski definition) is 2. The van der Waals surface area contributed by atoms with Crippen LogP contribution in [0.15, 0.2) is 18.2 Å². The van der Waals surface area contributed by atoms with Gasteiger partial charge in [0.05, 0.1) is 0 Å². The molecule has 2 nitrogen and oxygen atoms in total. The summed E-state index contributed by atoms with van der Waals surface area (Å²) < 4.78 is 51.9. The molecule has 1 rings (SSSR count). The van der Waals surface area contributed by atoms with Gasteiger partial charge in [-0.15, -0.1) is 25.6 Å². The molecule has 0 fully saturated rings. The molecule has 0 aliphatic carbocycles. The van der Waals surface area contributed by atoms with Crippen LogP contribution in [0.4, 0.5) is 17.6 Å². The molecule has 0 amide bonds. The average Bonchev–Trinajstić information content (AvgIpc) is 2.01. The lowest BCUT2D eigenvalue weighted by Gasteiger charge is -2.12. The molecule has 0 heterocycles. The van der Waals surface area contributed by atoms with E-state index in [-0.39, 0.29) is 24.5 Å². The smallest absolute Gasteiger partial charge is 0.405 e. The van der Waals surface area contributed by atoms with Crippen molar-refractivity contribution in [3.05, 3.63) is 29.6 Å². The number of alkyl halides is 3. The molecule has 0 spiro atoms. The highest BCUT2D eigenvalue weighted by atomic mass is 35.5. The number of nitrogens with two attached hydrogens (primary N) is 1. The monoisotopic (exact) mass is 245 g/mol. The molecule has 86 valence electrons. The Labute approximate surface area is 89.4 Å². The highest BCUT2D eigenvalue weighted by Gasteiger charge is 2.32. The van der Waals surface area contributed by atoms with Crippen LogP contribution in [0.1, 0.15) is 5.56 Å². The van der Waals surface area contributed by atoms with Crippen molar-refractivity contribution in [3.8, 4) is 5.75 Å². The molecule has 0 atom stereocenters. The molecular weight excluding hydrogens is 238 g/mol. The minimum Gasteiger partial charge on any atom is -0.405 e. The van der Waals surface area contributed by atoms with Crippen LogP contribution in [0, 0.1) is 5.82 Å². The van der Waals surface area contributed by atoms with E-state index in [1.807, 2.05) is 0 Å². The fourth-order valence-electron chi connectivity index (χ4n) is 0.957. The summed E-state index contributed by atoms with van der Waals surface area (Å²) >= 11 is 0. The minimum absolute atomic E-state index is 0. The molecule has 0 unspecified atom stereocenters. The van der Waals surface area contributed by atoms with Gasteiger partial charge in [-0.2, -0.15) is 0 Å². The van der Waals surface area contributed by atoms with Gasteiger partial charge in [0, 0.05) is 12.1 Å². The van der Waals surface area contributed by atoms with Crippen LogP contribution in [0.25, 0.3) is 0 Å². The predicted molar refractivity (Wildman–Crippen MR) is 48.2 cm³/mol. The summed E-state index contributed by atoms with van der Waals surface area (Å²) in [5, 5.41) is 0. The molecule has 0 radical (unpaired) electrons. The molecule has 0 aromatic heterocycles. The zero-order chi connectivity index (χ0) is 10.8. The molecular formula is C8H8ClF4NO. The lowest BCUT2D eigenvalue weighted by atomic mass is 10.2. The van der Waals surface area contributed by atoms with Gasteiger partial charge in [-0.3, -0.25) is 0 Å². The van der Waals surface area contributed by atoms with E-state index in [1.165, 1.54) is 0 Å². The molecule has 2 N–H and O–H groups in total. The number of hydrogen-bond donors (Lipinski definition) is 1. The largest absolute Gasteiger partial charge is 0.573 e. The maximum atomic E-state index is 12.9. The number of rotatable bonds is 2. The Hall–Kier alpha value is -1.01. The van der Waals surface area contributed by atoms with Crippen molar-refractivity contribution in [3.63, 3.8) is 0 Å². The van der Waals surface area contributed by atoms with E-state index in [1.54, 1.807) is 0 Å². The normalized spacial score (nSPS) is 10.7. The third-order valence-electron chi connectivity index (χ3n) is 1.51. The van der Waals surface area contributed by atoms with Crippen molar-refractivity contribution in [2.24, 2.45) is 5.73 Å². The molecule has 1 aromatic rings. The van der Waals surface area contributed by atoms with Gasteiger partial charge in [0.2, 0.25) is 0 Å². The van der Waals surface area contributed by atoms with Gasteiger partial charge in [-0.1, -0.05) is 6.07 Å². The van der Waals surface area contributed by atoms with E-state index < -0.39 is 17.9 Å². The van der Waals surface area contributed by atoms with E-state index in [0.717, 1.165) is 18.2 Å². The lowest BCUT2D eigenvalue weighted by Crippen LogP contribution is -2.19. The summed E-state index contributed by atoms with van der Waals surface area (Å²) in [4.78, 5) is 0. The average molecular weight is 246 g/mol. The van der Waals surface area contributed by atoms with E-state index in [4.69, 9.17) is 5.73 Å². The highest BCUT2D eigenvalue weighted by Crippen LogP contribution is 2.27. The van der Waals surface area contributed by atoms with Gasteiger partial charge >= 0.3 is 6.36 Å². The first-order chi connectivity index (χ1) is 6.44. The second kappa shape index (κ2) is 5.18. The lowest BCUT2D eigenvalue weighted by molar-refractivity contribution is -0.275. The molecule has 1 aromatic carbocycles. The van der Waals surface area contributed by atoms with E-state index >= 15 is 0 Å². The molecule has 15 heavy (non-hydrogen) atoms. The maximum absolute atomic E-state index is 12.9. The molecule has 0 saturated carbocycles. The highest BCUT2D eigenvalue weighted by molar-refractivity contribution is 5.85. The molecule has 0 saturated heterocycles. The Morgan fingerprint density at radius 1 is 1.27 bits per heavy atom. The number of halogens is 5. The van der Waals surface area contributed by atoms with Crippen molar-refractivity contribution < 1.29 is 22.3 Å². The van der Waals surface area contributed by atoms with Crippen LogP contribution in [-0.2, 0) is 6.54 Å². The standard InChI is InChI=1S/C8H7F4NO.ClH/c9-6-2-1-3-7(5(6)4-13)14-8(10,11)12;/h1-3H,4,13H2;1H. The van der Waals surface area contributed by atoms with Crippen molar-refractivity contribution in [2.75, 3.05) is 0 Å². The maximum Gasteiger partial charge on any atom is 0.573 e. The molecule has 0 aliphatic heterocycles. The Morgan fingerprint density at radius 2 is 1.87 bits per heavy atom. The van der Waals surface area contributed by atoms with E-state index in [0.29, 0.717) is 0 Å². The van der Waals surface area contributed by atoms with Crippen molar-refractivity contribution >= 4 is 12.4 Å². The third kappa shape index (κ3) is 3.93. The zero-order valence-corrected chi connectivity index (χ0v) is 8.16. The van der Waals surface area contributed by atoms with Gasteiger partial charge in [0.25, 0.3) is 0 Å². The second-order valence-corrected chi connectivity index (χ2v) is 2.47. The Bertz CT molecular complexity index is 329. The first kappa shape index (κ1) is 14.0. The number of benzene rings is 1. The molecule has 7 heteroatoms. The second-order valence-electron chi connectivity index (χ2n) is 2.47. The predicted octanol–water partition coefficient (Wildman–Crippen LogP) is 2.60. The summed E-state index contributed by atoms with van der Waals surface area (Å²) in [6.07, 6.45) is -4.84. The SMILES string of the molecule is Cl.NCc1c(F)cccc1OC(F)(F)F. The van der Waals surface area contributed by atoms with Crippen molar-refractivity contribution in [2.45, 2.75) is 12.9 Å². The first-order valence-corrected chi connectivity index (χ1v) is 3.67. The van der Waals surface area contributed by atoms with Crippen LogP contribution in [-0.4, -0.2) is 6.36 Å². The Balaban J connectivity index is 0.00000196. The van der Waals surface area contributed by atoms with E-state index in [2.05, 4.69) is 4.74 Å². The van der Waals surface area contributed by atoms with Crippen LogP contribution in [0.2, 0.25) is 0 Å². The van der Waals surface area contributed by atoms with Gasteiger partial charge < -0.3 is 10.5 Å². The summed E-state index contributed by atoms with van der Waals surface area (Å²) in [6.45, 7) is -0.349. The molecule has 0 aliphatic rings. The Morgan fingerprint density at radius 3 is 2.33 bits per heavy atom. The summed E-state index contributed by atoms with van der Waals surface area (Å²) in [6, 6.07) is 3.15. The first-order valence-electron chi connectivity index (χ1n) is 3.67. The minimum atomic E-state index is -4.84. The Kier molecular flexibility index (Phi) is 4.83. The van der Waals surface area contributed by atoms with Crippen molar-refractivity contribution in [1.82, 2.24) is 0 Å². The van der Waals surface area contributed by atoms with Crippen LogP contribution >= 0.6 is 12.4 Å². The zero-order valence-electron chi connectivity index (χ0n) is 7.34. The van der Waals surface area contributed by atoms with E-state index in [9.17, 15) is 17.6 Å². The van der Waals surface area contributed by atoms with Gasteiger partial charge in [-0.05, 0) is 12.1 Å². The topological polar surface area (TPSA) is 35.2 Å². The van der Waals surface area contributed by atoms with Crippen LogP contribution in [0.3, 0.4) is 0 Å². The van der Waals surface area contributed by atoms with Gasteiger partial charge in [-0.25, -0.2) is 4.39 Å². The fraction of sp³-hybridized carbons (Fsp3) is 0.250. The van der Waals surface area contributed by atoms with Crippen molar-refractivity contribution in [1.29, 1.82) is 0 Å². The summed E-state index contributed by atoms with van der Waals surface area (Å²) in [5.74, 6) is -1.41.